The van der Waals surface area contributed by atoms with Crippen molar-refractivity contribution in [3.63, 3.8) is 0 Å². The van der Waals surface area contributed by atoms with Crippen molar-refractivity contribution in [2.24, 2.45) is 10.4 Å². The molecule has 0 aromatic carbocycles. The standard InChI is InChI=1S/C18H29N3O2/c1-12-15-11-18(3,17(22)23-4)13(2)20-16(15)7-10-21(12)14-5-8-19-9-6-14/h11-14,19H,5-10H2,1-4H3/t12-,13?,18?/m1/s1. The van der Waals surface area contributed by atoms with Gasteiger partial charge in [-0.1, -0.05) is 6.08 Å². The summed E-state index contributed by atoms with van der Waals surface area (Å²) >= 11 is 0. The number of esters is 1. The molecule has 0 spiro atoms. The maximum Gasteiger partial charge on any atom is 0.317 e. The minimum absolute atomic E-state index is 0.0636. The van der Waals surface area contributed by atoms with Gasteiger partial charge in [0, 0.05) is 30.8 Å². The van der Waals surface area contributed by atoms with E-state index in [4.69, 9.17) is 9.73 Å². The zero-order valence-corrected chi connectivity index (χ0v) is 14.8. The van der Waals surface area contributed by atoms with Crippen LogP contribution in [0.15, 0.2) is 16.6 Å². The first-order chi connectivity index (χ1) is 11.0. The summed E-state index contributed by atoms with van der Waals surface area (Å²) in [7, 11) is 1.46. The van der Waals surface area contributed by atoms with Gasteiger partial charge in [-0.2, -0.15) is 0 Å². The number of dihydropyridines is 1. The minimum Gasteiger partial charge on any atom is -0.468 e. The summed E-state index contributed by atoms with van der Waals surface area (Å²) in [5, 5.41) is 3.44. The Morgan fingerprint density at radius 3 is 2.74 bits per heavy atom. The third kappa shape index (κ3) is 2.85. The molecule has 0 aromatic rings. The second-order valence-electron chi connectivity index (χ2n) is 7.27. The lowest BCUT2D eigenvalue weighted by Crippen LogP contribution is -2.53. The Balaban J connectivity index is 1.87. The van der Waals surface area contributed by atoms with E-state index in [0.29, 0.717) is 12.1 Å². The smallest absolute Gasteiger partial charge is 0.317 e. The lowest BCUT2D eigenvalue weighted by molar-refractivity contribution is -0.149. The SMILES string of the molecule is COC(=O)C1(C)C=C2C(=NC1C)CCN(C1CCNCC1)[C@@H]2C. The number of aliphatic imine (C=N–C) groups is 1. The van der Waals surface area contributed by atoms with E-state index >= 15 is 0 Å². The van der Waals surface area contributed by atoms with Gasteiger partial charge < -0.3 is 10.1 Å². The van der Waals surface area contributed by atoms with Crippen LogP contribution < -0.4 is 5.32 Å². The van der Waals surface area contributed by atoms with E-state index in [0.717, 1.165) is 26.1 Å². The van der Waals surface area contributed by atoms with Crippen LogP contribution in [-0.2, 0) is 9.53 Å². The van der Waals surface area contributed by atoms with Gasteiger partial charge in [-0.3, -0.25) is 14.7 Å². The zero-order chi connectivity index (χ0) is 16.6. The molecule has 0 aromatic heterocycles. The van der Waals surface area contributed by atoms with Crippen LogP contribution in [0.2, 0.25) is 0 Å². The Kier molecular flexibility index (Phi) is 4.61. The van der Waals surface area contributed by atoms with Gasteiger partial charge >= 0.3 is 5.97 Å². The molecular weight excluding hydrogens is 290 g/mol. The van der Waals surface area contributed by atoms with Crippen LogP contribution in [0.5, 0.6) is 0 Å². The molecule has 0 aliphatic carbocycles. The van der Waals surface area contributed by atoms with Gasteiger partial charge in [0.1, 0.15) is 5.41 Å². The summed E-state index contributed by atoms with van der Waals surface area (Å²) in [4.78, 5) is 19.8. The first-order valence-electron chi connectivity index (χ1n) is 8.82. The second-order valence-corrected chi connectivity index (χ2v) is 7.27. The number of hydrogen-bond acceptors (Lipinski definition) is 5. The highest BCUT2D eigenvalue weighted by Gasteiger charge is 2.44. The summed E-state index contributed by atoms with van der Waals surface area (Å²) in [6.45, 7) is 9.50. The van der Waals surface area contributed by atoms with E-state index in [1.165, 1.54) is 31.2 Å². The largest absolute Gasteiger partial charge is 0.468 e. The summed E-state index contributed by atoms with van der Waals surface area (Å²) in [5.74, 6) is -0.188. The van der Waals surface area contributed by atoms with Crippen LogP contribution in [-0.4, -0.2) is 61.5 Å². The third-order valence-electron chi connectivity index (χ3n) is 5.96. The van der Waals surface area contributed by atoms with Crippen molar-refractivity contribution >= 4 is 11.7 Å². The number of fused-ring (bicyclic) bond motifs is 1. The highest BCUT2D eigenvalue weighted by atomic mass is 16.5. The molecule has 3 atom stereocenters. The van der Waals surface area contributed by atoms with Gasteiger partial charge in [-0.25, -0.2) is 0 Å². The normalized spacial score (nSPS) is 36.0. The number of nitrogens with one attached hydrogen (secondary N) is 1. The molecule has 3 heterocycles. The number of carbonyl (C=O) groups is 1. The highest BCUT2D eigenvalue weighted by molar-refractivity contribution is 6.04. The van der Waals surface area contributed by atoms with Crippen molar-refractivity contribution in [2.75, 3.05) is 26.7 Å². The molecule has 5 heteroatoms. The average molecular weight is 319 g/mol. The molecule has 3 rings (SSSR count). The highest BCUT2D eigenvalue weighted by Crippen LogP contribution is 2.38. The predicted molar refractivity (Wildman–Crippen MR) is 91.8 cm³/mol. The molecule has 5 nitrogen and oxygen atoms in total. The lowest BCUT2D eigenvalue weighted by atomic mass is 9.75. The van der Waals surface area contributed by atoms with Crippen LogP contribution in [0.25, 0.3) is 0 Å². The van der Waals surface area contributed by atoms with Crippen LogP contribution >= 0.6 is 0 Å². The molecule has 3 aliphatic heterocycles. The van der Waals surface area contributed by atoms with E-state index in [1.54, 1.807) is 0 Å². The molecule has 2 unspecified atom stereocenters. The second kappa shape index (κ2) is 6.36. The molecule has 0 saturated carbocycles. The molecule has 0 amide bonds. The van der Waals surface area contributed by atoms with Crippen LogP contribution in [0.3, 0.4) is 0 Å². The Hall–Kier alpha value is -1.20. The van der Waals surface area contributed by atoms with E-state index in [9.17, 15) is 4.79 Å². The van der Waals surface area contributed by atoms with Crippen molar-refractivity contribution in [3.8, 4) is 0 Å². The summed E-state index contributed by atoms with van der Waals surface area (Å²) in [6.07, 6.45) is 5.54. The van der Waals surface area contributed by atoms with Crippen molar-refractivity contribution in [1.29, 1.82) is 0 Å². The molecule has 2 saturated heterocycles. The number of likely N-dealkylation sites (tertiary alicyclic amines) is 1. The Morgan fingerprint density at radius 2 is 2.09 bits per heavy atom. The fraction of sp³-hybridized carbons (Fsp3) is 0.778. The molecule has 23 heavy (non-hydrogen) atoms. The Morgan fingerprint density at radius 1 is 1.39 bits per heavy atom. The van der Waals surface area contributed by atoms with Crippen LogP contribution in [0.1, 0.15) is 40.0 Å². The summed E-state index contributed by atoms with van der Waals surface area (Å²) in [6, 6.07) is 0.894. The predicted octanol–water partition coefficient (Wildman–Crippen LogP) is 1.78. The first kappa shape index (κ1) is 16.7. The van der Waals surface area contributed by atoms with E-state index in [-0.39, 0.29) is 12.0 Å². The van der Waals surface area contributed by atoms with Gasteiger partial charge in [-0.05, 0) is 52.3 Å². The van der Waals surface area contributed by atoms with E-state index in [2.05, 4.69) is 23.2 Å². The number of ether oxygens (including phenoxy) is 1. The maximum atomic E-state index is 12.3. The minimum atomic E-state index is -0.654. The number of piperidine rings is 2. The summed E-state index contributed by atoms with van der Waals surface area (Å²) < 4.78 is 5.05. The molecule has 2 fully saturated rings. The number of hydrogen-bond donors (Lipinski definition) is 1. The lowest BCUT2D eigenvalue weighted by Gasteiger charge is -2.46. The number of rotatable bonds is 2. The third-order valence-corrected chi connectivity index (χ3v) is 5.96. The molecule has 128 valence electrons. The van der Waals surface area contributed by atoms with Crippen molar-refractivity contribution in [1.82, 2.24) is 10.2 Å². The van der Waals surface area contributed by atoms with Gasteiger partial charge in [0.15, 0.2) is 0 Å². The zero-order valence-electron chi connectivity index (χ0n) is 14.8. The first-order valence-corrected chi connectivity index (χ1v) is 8.82. The van der Waals surface area contributed by atoms with Crippen LogP contribution in [0, 0.1) is 5.41 Å². The van der Waals surface area contributed by atoms with E-state index < -0.39 is 5.41 Å². The molecular formula is C18H29N3O2. The van der Waals surface area contributed by atoms with Crippen LogP contribution in [0.4, 0.5) is 0 Å². The van der Waals surface area contributed by atoms with Gasteiger partial charge in [-0.15, -0.1) is 0 Å². The van der Waals surface area contributed by atoms with E-state index in [1.807, 2.05) is 13.8 Å². The number of methoxy groups -OCH3 is 1. The molecule has 3 aliphatic rings. The van der Waals surface area contributed by atoms with Crippen molar-refractivity contribution < 1.29 is 9.53 Å². The maximum absolute atomic E-state index is 12.3. The topological polar surface area (TPSA) is 53.9 Å². The van der Waals surface area contributed by atoms with Crippen molar-refractivity contribution in [3.05, 3.63) is 11.6 Å². The van der Waals surface area contributed by atoms with Crippen molar-refractivity contribution in [2.45, 2.75) is 58.2 Å². The number of carbonyl (C=O) groups excluding carboxylic acids is 1. The van der Waals surface area contributed by atoms with Gasteiger partial charge in [0.05, 0.1) is 13.2 Å². The van der Waals surface area contributed by atoms with Gasteiger partial charge in [0.2, 0.25) is 0 Å². The molecule has 0 radical (unpaired) electrons. The molecule has 1 N–H and O–H groups in total. The Labute approximate surface area is 139 Å². The average Bonchev–Trinajstić information content (AvgIpc) is 2.57. The fourth-order valence-electron chi connectivity index (χ4n) is 4.23. The summed E-state index contributed by atoms with van der Waals surface area (Å²) in [5.41, 5.74) is 1.77. The quantitative estimate of drug-likeness (QED) is 0.788. The van der Waals surface area contributed by atoms with Gasteiger partial charge in [0.25, 0.3) is 0 Å². The monoisotopic (exact) mass is 319 g/mol. The number of nitrogens with zero attached hydrogens (tertiary/aromatic N) is 2. The molecule has 0 bridgehead atoms. The Bertz CT molecular complexity index is 536. The fourth-order valence-corrected chi connectivity index (χ4v) is 4.23.